The number of nitrogens with zero attached hydrogens (tertiary/aromatic N) is 2. The van der Waals surface area contributed by atoms with Crippen LogP contribution in [0, 0.1) is 11.3 Å². The van der Waals surface area contributed by atoms with Crippen molar-refractivity contribution >= 4 is 34.2 Å². The van der Waals surface area contributed by atoms with Gasteiger partial charge in [0.1, 0.15) is 22.4 Å². The van der Waals surface area contributed by atoms with Crippen LogP contribution in [-0.4, -0.2) is 11.6 Å². The first-order valence-electron chi connectivity index (χ1n) is 8.01. The molecule has 0 saturated heterocycles. The van der Waals surface area contributed by atoms with Gasteiger partial charge in [-0.25, -0.2) is 4.98 Å². The van der Waals surface area contributed by atoms with Crippen LogP contribution in [0.15, 0.2) is 60.1 Å². The second-order valence-corrected chi connectivity index (χ2v) is 6.58. The van der Waals surface area contributed by atoms with Crippen molar-refractivity contribution in [3.8, 4) is 23.1 Å². The Morgan fingerprint density at radius 3 is 2.77 bits per heavy atom. The summed E-state index contributed by atoms with van der Waals surface area (Å²) in [5.74, 6) is 0.740. The largest absolute Gasteiger partial charge is 0.492 e. The third kappa shape index (κ3) is 4.23. The maximum atomic E-state index is 9.51. The fraction of sp³-hybridized carbons (Fsp3) is 0.100. The van der Waals surface area contributed by atoms with Gasteiger partial charge in [-0.1, -0.05) is 35.9 Å². The molecule has 0 saturated carbocycles. The number of para-hydroxylation sites is 2. The Morgan fingerprint density at radius 1 is 1.27 bits per heavy atom. The summed E-state index contributed by atoms with van der Waals surface area (Å²) in [6, 6.07) is 17.3. The molecule has 3 rings (SSSR count). The van der Waals surface area contributed by atoms with E-state index in [1.807, 2.05) is 60.8 Å². The van der Waals surface area contributed by atoms with Crippen molar-refractivity contribution in [2.24, 2.45) is 0 Å². The van der Waals surface area contributed by atoms with Gasteiger partial charge in [-0.3, -0.25) is 0 Å². The molecule has 130 valence electrons. The predicted octanol–water partition coefficient (Wildman–Crippen LogP) is 5.84. The lowest BCUT2D eigenvalue weighted by Crippen LogP contribution is -1.97. The quantitative estimate of drug-likeness (QED) is 0.545. The number of halogens is 1. The first-order chi connectivity index (χ1) is 12.7. The Bertz CT molecular complexity index is 958. The standard InChI is InChI=1S/C20H16ClN3OS/c1-2-25-19-6-4-3-5-17(19)23-12-15(11-22)20-24-18(13-26-20)14-7-9-16(21)10-8-14/h3-10,12-13,23H,2H2,1H3/b15-12+. The highest BCUT2D eigenvalue weighted by Gasteiger charge is 2.09. The lowest BCUT2D eigenvalue weighted by atomic mass is 10.2. The fourth-order valence-electron chi connectivity index (χ4n) is 2.31. The molecule has 2 aromatic carbocycles. The van der Waals surface area contributed by atoms with Gasteiger partial charge in [0.2, 0.25) is 0 Å². The summed E-state index contributed by atoms with van der Waals surface area (Å²) < 4.78 is 5.58. The molecule has 1 N–H and O–H groups in total. The molecule has 0 aliphatic rings. The monoisotopic (exact) mass is 381 g/mol. The number of hydrogen-bond acceptors (Lipinski definition) is 5. The van der Waals surface area contributed by atoms with E-state index in [0.29, 0.717) is 22.2 Å². The number of nitriles is 1. The van der Waals surface area contributed by atoms with E-state index in [-0.39, 0.29) is 0 Å². The van der Waals surface area contributed by atoms with Gasteiger partial charge in [-0.2, -0.15) is 5.26 Å². The maximum absolute atomic E-state index is 9.51. The van der Waals surface area contributed by atoms with E-state index < -0.39 is 0 Å². The molecule has 0 fully saturated rings. The van der Waals surface area contributed by atoms with Gasteiger partial charge in [-0.15, -0.1) is 11.3 Å². The topological polar surface area (TPSA) is 57.9 Å². The molecule has 1 aromatic heterocycles. The van der Waals surface area contributed by atoms with Crippen LogP contribution >= 0.6 is 22.9 Å². The molecule has 0 bridgehead atoms. The SMILES string of the molecule is CCOc1ccccc1N/C=C(\C#N)c1nc(-c2ccc(Cl)cc2)cs1. The molecule has 0 aliphatic carbocycles. The normalized spacial score (nSPS) is 11.0. The van der Waals surface area contributed by atoms with Crippen LogP contribution in [0.3, 0.4) is 0 Å². The number of thiazole rings is 1. The van der Waals surface area contributed by atoms with Gasteiger partial charge in [0.05, 0.1) is 18.0 Å². The van der Waals surface area contributed by atoms with E-state index >= 15 is 0 Å². The summed E-state index contributed by atoms with van der Waals surface area (Å²) in [6.45, 7) is 2.51. The molecule has 4 nitrogen and oxygen atoms in total. The van der Waals surface area contributed by atoms with Gasteiger partial charge >= 0.3 is 0 Å². The Morgan fingerprint density at radius 2 is 2.04 bits per heavy atom. The minimum atomic E-state index is 0.460. The van der Waals surface area contributed by atoms with Crippen LogP contribution in [0.4, 0.5) is 5.69 Å². The van der Waals surface area contributed by atoms with E-state index in [1.54, 1.807) is 6.20 Å². The molecular weight excluding hydrogens is 366 g/mol. The van der Waals surface area contributed by atoms with E-state index in [2.05, 4.69) is 16.4 Å². The molecule has 0 unspecified atom stereocenters. The Hall–Kier alpha value is -2.81. The first-order valence-corrected chi connectivity index (χ1v) is 9.27. The highest BCUT2D eigenvalue weighted by molar-refractivity contribution is 7.11. The maximum Gasteiger partial charge on any atom is 0.142 e. The van der Waals surface area contributed by atoms with Crippen LogP contribution < -0.4 is 10.1 Å². The summed E-state index contributed by atoms with van der Waals surface area (Å²) in [4.78, 5) is 4.57. The molecule has 0 atom stereocenters. The van der Waals surface area contributed by atoms with Gasteiger partial charge in [0.15, 0.2) is 0 Å². The van der Waals surface area contributed by atoms with E-state index in [0.717, 1.165) is 22.7 Å². The molecule has 6 heteroatoms. The summed E-state index contributed by atoms with van der Waals surface area (Å²) in [6.07, 6.45) is 1.66. The summed E-state index contributed by atoms with van der Waals surface area (Å²) >= 11 is 7.35. The first kappa shape index (κ1) is 18.0. The van der Waals surface area contributed by atoms with Crippen LogP contribution in [0.5, 0.6) is 5.75 Å². The van der Waals surface area contributed by atoms with Crippen molar-refractivity contribution < 1.29 is 4.74 Å². The number of ether oxygens (including phenoxy) is 1. The van der Waals surface area contributed by atoms with Crippen molar-refractivity contribution in [1.29, 1.82) is 5.26 Å². The van der Waals surface area contributed by atoms with Gasteiger partial charge in [0.25, 0.3) is 0 Å². The zero-order valence-corrected chi connectivity index (χ0v) is 15.6. The third-order valence-corrected chi connectivity index (χ3v) is 4.68. The molecule has 0 spiro atoms. The number of benzene rings is 2. The van der Waals surface area contributed by atoms with Gasteiger partial charge in [-0.05, 0) is 31.2 Å². The highest BCUT2D eigenvalue weighted by atomic mass is 35.5. The number of allylic oxidation sites excluding steroid dienone is 1. The number of hydrogen-bond donors (Lipinski definition) is 1. The lowest BCUT2D eigenvalue weighted by molar-refractivity contribution is 0.342. The zero-order chi connectivity index (χ0) is 18.4. The Balaban J connectivity index is 1.82. The molecule has 0 aliphatic heterocycles. The molecule has 0 radical (unpaired) electrons. The third-order valence-electron chi connectivity index (χ3n) is 3.55. The minimum absolute atomic E-state index is 0.460. The number of nitrogens with one attached hydrogen (secondary N) is 1. The van der Waals surface area contributed by atoms with Crippen molar-refractivity contribution in [2.75, 3.05) is 11.9 Å². The van der Waals surface area contributed by atoms with E-state index in [1.165, 1.54) is 11.3 Å². The summed E-state index contributed by atoms with van der Waals surface area (Å²) in [7, 11) is 0. The van der Waals surface area contributed by atoms with Crippen molar-refractivity contribution in [2.45, 2.75) is 6.92 Å². The summed E-state index contributed by atoms with van der Waals surface area (Å²) in [5.41, 5.74) is 3.04. The van der Waals surface area contributed by atoms with Crippen LogP contribution in [0.1, 0.15) is 11.9 Å². The van der Waals surface area contributed by atoms with Crippen LogP contribution in [-0.2, 0) is 0 Å². The second-order valence-electron chi connectivity index (χ2n) is 5.29. The van der Waals surface area contributed by atoms with Crippen LogP contribution in [0.25, 0.3) is 16.8 Å². The summed E-state index contributed by atoms with van der Waals surface area (Å²) in [5, 5.41) is 15.9. The average molecular weight is 382 g/mol. The van der Waals surface area contributed by atoms with Gasteiger partial charge in [0, 0.05) is 22.2 Å². The molecular formula is C20H16ClN3OS. The second kappa shape index (κ2) is 8.52. The Labute approximate surface area is 161 Å². The molecule has 3 aromatic rings. The van der Waals surface area contributed by atoms with E-state index in [9.17, 15) is 5.26 Å². The number of aromatic nitrogens is 1. The molecule has 26 heavy (non-hydrogen) atoms. The van der Waals surface area contributed by atoms with Crippen molar-refractivity contribution in [1.82, 2.24) is 4.98 Å². The highest BCUT2D eigenvalue weighted by Crippen LogP contribution is 2.28. The molecule has 0 amide bonds. The van der Waals surface area contributed by atoms with Gasteiger partial charge < -0.3 is 10.1 Å². The average Bonchev–Trinajstić information content (AvgIpc) is 3.14. The fourth-order valence-corrected chi connectivity index (χ4v) is 3.23. The minimum Gasteiger partial charge on any atom is -0.492 e. The smallest absolute Gasteiger partial charge is 0.142 e. The zero-order valence-electron chi connectivity index (χ0n) is 14.1. The number of rotatable bonds is 6. The van der Waals surface area contributed by atoms with Crippen molar-refractivity contribution in [3.63, 3.8) is 0 Å². The van der Waals surface area contributed by atoms with E-state index in [4.69, 9.17) is 16.3 Å². The Kier molecular flexibility index (Phi) is 5.90. The lowest BCUT2D eigenvalue weighted by Gasteiger charge is -2.09. The van der Waals surface area contributed by atoms with Crippen molar-refractivity contribution in [3.05, 3.63) is 70.1 Å². The predicted molar refractivity (Wildman–Crippen MR) is 107 cm³/mol. The molecule has 1 heterocycles. The van der Waals surface area contributed by atoms with Crippen LogP contribution in [0.2, 0.25) is 5.02 Å². The number of anilines is 1.